The SMILES string of the molecule is CCCCOc1ccc(N2CCN(S(=O)(=O)c3ccc(OC)c(OC)c3C(=O)NO)CC2)cc1P. The van der Waals surface area contributed by atoms with Crippen LogP contribution >= 0.6 is 9.24 Å². The molecule has 10 nitrogen and oxygen atoms in total. The molecule has 3 rings (SSSR count). The number of carbonyl (C=O) groups is 1. The zero-order chi connectivity index (χ0) is 25.6. The van der Waals surface area contributed by atoms with Crippen molar-refractivity contribution in [1.82, 2.24) is 9.79 Å². The molecule has 0 radical (unpaired) electrons. The number of carbonyl (C=O) groups excluding carboxylic acids is 1. The van der Waals surface area contributed by atoms with E-state index in [4.69, 9.17) is 14.2 Å². The van der Waals surface area contributed by atoms with Gasteiger partial charge in [0.05, 0.1) is 25.7 Å². The molecule has 0 spiro atoms. The summed E-state index contributed by atoms with van der Waals surface area (Å²) in [6.45, 7) is 4.15. The van der Waals surface area contributed by atoms with Gasteiger partial charge in [0.25, 0.3) is 5.91 Å². The molecule has 1 aliphatic rings. The van der Waals surface area contributed by atoms with E-state index < -0.39 is 15.9 Å². The Morgan fingerprint density at radius 3 is 2.34 bits per heavy atom. The second-order valence-corrected chi connectivity index (χ2v) is 10.5. The van der Waals surface area contributed by atoms with Crippen LogP contribution in [0.25, 0.3) is 0 Å². The van der Waals surface area contributed by atoms with Gasteiger partial charge < -0.3 is 19.1 Å². The first kappa shape index (κ1) is 27.0. The molecular formula is C23H32N3O7PS. The zero-order valence-corrected chi connectivity index (χ0v) is 22.1. The van der Waals surface area contributed by atoms with Crippen molar-refractivity contribution < 1.29 is 32.6 Å². The summed E-state index contributed by atoms with van der Waals surface area (Å²) in [5.74, 6) is -0.0954. The molecule has 1 unspecified atom stereocenters. The highest BCUT2D eigenvalue weighted by Gasteiger charge is 2.34. The summed E-state index contributed by atoms with van der Waals surface area (Å²) < 4.78 is 44.5. The van der Waals surface area contributed by atoms with E-state index in [-0.39, 0.29) is 35.0 Å². The Bertz CT molecular complexity index is 1150. The molecule has 192 valence electrons. The van der Waals surface area contributed by atoms with E-state index >= 15 is 0 Å². The fourth-order valence-corrected chi connectivity index (χ4v) is 5.87. The average molecular weight is 526 g/mol. The quantitative estimate of drug-likeness (QED) is 0.209. The summed E-state index contributed by atoms with van der Waals surface area (Å²) in [6, 6.07) is 8.61. The highest BCUT2D eigenvalue weighted by molar-refractivity contribution is 7.89. The fourth-order valence-electron chi connectivity index (χ4n) is 3.91. The average Bonchev–Trinajstić information content (AvgIpc) is 2.88. The summed E-state index contributed by atoms with van der Waals surface area (Å²) in [5.41, 5.74) is 2.16. The van der Waals surface area contributed by atoms with Gasteiger partial charge in [-0.15, -0.1) is 9.24 Å². The van der Waals surface area contributed by atoms with Gasteiger partial charge in [-0.05, 0) is 36.8 Å². The Kier molecular flexibility index (Phi) is 9.18. The number of nitrogens with zero attached hydrogens (tertiary/aromatic N) is 2. The van der Waals surface area contributed by atoms with E-state index in [1.165, 1.54) is 36.1 Å². The van der Waals surface area contributed by atoms with Gasteiger partial charge >= 0.3 is 0 Å². The number of hydroxylamine groups is 1. The number of benzene rings is 2. The van der Waals surface area contributed by atoms with Gasteiger partial charge in [-0.2, -0.15) is 4.31 Å². The lowest BCUT2D eigenvalue weighted by Gasteiger charge is -2.36. The van der Waals surface area contributed by atoms with Crippen molar-refractivity contribution in [1.29, 1.82) is 0 Å². The van der Waals surface area contributed by atoms with Gasteiger partial charge in [-0.25, -0.2) is 13.9 Å². The first-order valence-corrected chi connectivity index (χ1v) is 13.3. The largest absolute Gasteiger partial charge is 0.493 e. The lowest BCUT2D eigenvalue weighted by Crippen LogP contribution is -2.49. The number of methoxy groups -OCH3 is 2. The smallest absolute Gasteiger partial charge is 0.279 e. The fraction of sp³-hybridized carbons (Fsp3) is 0.435. The maximum absolute atomic E-state index is 13.5. The topological polar surface area (TPSA) is 118 Å². The van der Waals surface area contributed by atoms with E-state index in [1.807, 2.05) is 18.2 Å². The third-order valence-electron chi connectivity index (χ3n) is 5.81. The third kappa shape index (κ3) is 5.81. The lowest BCUT2D eigenvalue weighted by molar-refractivity contribution is 0.0698. The lowest BCUT2D eigenvalue weighted by atomic mass is 10.1. The van der Waals surface area contributed by atoms with Crippen molar-refractivity contribution in [2.45, 2.75) is 24.7 Å². The maximum atomic E-state index is 13.5. The van der Waals surface area contributed by atoms with Crippen LogP contribution in [-0.2, 0) is 10.0 Å². The van der Waals surface area contributed by atoms with Crippen LogP contribution < -0.4 is 29.9 Å². The van der Waals surface area contributed by atoms with E-state index in [2.05, 4.69) is 21.1 Å². The number of nitrogens with one attached hydrogen (secondary N) is 1. The maximum Gasteiger partial charge on any atom is 0.279 e. The minimum atomic E-state index is -4.06. The van der Waals surface area contributed by atoms with Crippen molar-refractivity contribution in [3.05, 3.63) is 35.9 Å². The molecule has 12 heteroatoms. The number of anilines is 1. The molecule has 0 aliphatic carbocycles. The summed E-state index contributed by atoms with van der Waals surface area (Å²) in [7, 11) is 1.29. The first-order valence-electron chi connectivity index (χ1n) is 11.2. The predicted octanol–water partition coefficient (Wildman–Crippen LogP) is 2.01. The second-order valence-electron chi connectivity index (χ2n) is 7.93. The Morgan fingerprint density at radius 2 is 1.77 bits per heavy atom. The molecule has 0 saturated carbocycles. The van der Waals surface area contributed by atoms with E-state index in [1.54, 1.807) is 0 Å². The van der Waals surface area contributed by atoms with Crippen LogP contribution in [0.5, 0.6) is 17.2 Å². The number of sulfonamides is 1. The molecule has 1 aliphatic heterocycles. The van der Waals surface area contributed by atoms with Crippen LogP contribution in [0.3, 0.4) is 0 Å². The summed E-state index contributed by atoms with van der Waals surface area (Å²) in [4.78, 5) is 14.2. The van der Waals surface area contributed by atoms with Gasteiger partial charge in [-0.3, -0.25) is 10.0 Å². The Balaban J connectivity index is 1.80. The van der Waals surface area contributed by atoms with Crippen molar-refractivity contribution in [3.63, 3.8) is 0 Å². The van der Waals surface area contributed by atoms with Gasteiger partial charge in [0.1, 0.15) is 11.3 Å². The number of piperazine rings is 1. The molecule has 2 aromatic rings. The monoisotopic (exact) mass is 525 g/mol. The molecule has 1 saturated heterocycles. The van der Waals surface area contributed by atoms with E-state index in [0.717, 1.165) is 29.6 Å². The normalized spacial score (nSPS) is 14.5. The van der Waals surface area contributed by atoms with Crippen LogP contribution in [0.2, 0.25) is 0 Å². The van der Waals surface area contributed by atoms with Crippen LogP contribution in [0.4, 0.5) is 5.69 Å². The number of unbranched alkanes of at least 4 members (excludes halogenated alkanes) is 1. The Morgan fingerprint density at radius 1 is 1.09 bits per heavy atom. The van der Waals surface area contributed by atoms with Gasteiger partial charge in [0, 0.05) is 37.2 Å². The molecular weight excluding hydrogens is 493 g/mol. The highest BCUT2D eigenvalue weighted by atomic mass is 32.2. The van der Waals surface area contributed by atoms with Crippen LogP contribution in [-0.4, -0.2) is 70.8 Å². The zero-order valence-electron chi connectivity index (χ0n) is 20.1. The number of amides is 1. The molecule has 1 atom stereocenters. The molecule has 0 aromatic heterocycles. The van der Waals surface area contributed by atoms with Crippen LogP contribution in [0.15, 0.2) is 35.2 Å². The predicted molar refractivity (Wildman–Crippen MR) is 136 cm³/mol. The molecule has 1 heterocycles. The number of hydrogen-bond donors (Lipinski definition) is 2. The molecule has 1 amide bonds. The van der Waals surface area contributed by atoms with Crippen molar-refractivity contribution in [2.24, 2.45) is 0 Å². The van der Waals surface area contributed by atoms with Gasteiger partial charge in [0.2, 0.25) is 10.0 Å². The molecule has 35 heavy (non-hydrogen) atoms. The molecule has 2 N–H and O–H groups in total. The second kappa shape index (κ2) is 11.9. The molecule has 1 fully saturated rings. The first-order chi connectivity index (χ1) is 16.8. The minimum Gasteiger partial charge on any atom is -0.493 e. The molecule has 0 bridgehead atoms. The minimum absolute atomic E-state index is 0.0759. The van der Waals surface area contributed by atoms with Gasteiger partial charge in [-0.1, -0.05) is 13.3 Å². The van der Waals surface area contributed by atoms with Crippen molar-refractivity contribution >= 4 is 36.2 Å². The van der Waals surface area contributed by atoms with Crippen LogP contribution in [0.1, 0.15) is 30.1 Å². The van der Waals surface area contributed by atoms with E-state index in [9.17, 15) is 18.4 Å². The Labute approximate surface area is 208 Å². The summed E-state index contributed by atoms with van der Waals surface area (Å²) in [6.07, 6.45) is 2.05. The standard InChI is InChI=1S/C23H32N3O7PS/c1-4-5-14-33-17-7-6-16(15-19(17)34)25-10-12-26(13-11-25)35(29,30)20-9-8-18(31-2)22(32-3)21(20)23(27)24-28/h6-9,15,28H,4-5,10-14,34H2,1-3H3,(H,24,27). The number of rotatable bonds is 10. The van der Waals surface area contributed by atoms with Crippen molar-refractivity contribution in [2.75, 3.05) is 51.9 Å². The van der Waals surface area contributed by atoms with E-state index in [0.29, 0.717) is 19.7 Å². The summed E-state index contributed by atoms with van der Waals surface area (Å²) >= 11 is 0. The summed E-state index contributed by atoms with van der Waals surface area (Å²) in [5, 5.41) is 10.2. The van der Waals surface area contributed by atoms with Crippen LogP contribution in [0, 0.1) is 0 Å². The number of hydrogen-bond acceptors (Lipinski definition) is 8. The number of ether oxygens (including phenoxy) is 3. The third-order valence-corrected chi connectivity index (χ3v) is 8.20. The molecule has 2 aromatic carbocycles. The van der Waals surface area contributed by atoms with Crippen molar-refractivity contribution in [3.8, 4) is 17.2 Å². The Hall–Kier alpha value is -2.59. The van der Waals surface area contributed by atoms with Gasteiger partial charge in [0.15, 0.2) is 11.5 Å². The highest BCUT2D eigenvalue weighted by Crippen LogP contribution is 2.37.